The highest BCUT2D eigenvalue weighted by atomic mass is 16.4. The van der Waals surface area contributed by atoms with Crippen molar-refractivity contribution in [1.29, 1.82) is 0 Å². The third-order valence-electron chi connectivity index (χ3n) is 2.90. The maximum absolute atomic E-state index is 10.5. The molecule has 1 aromatic heterocycles. The summed E-state index contributed by atoms with van der Waals surface area (Å²) in [6.07, 6.45) is 4.21. The molecule has 0 aliphatic carbocycles. The van der Waals surface area contributed by atoms with E-state index in [0.29, 0.717) is 6.42 Å². The van der Waals surface area contributed by atoms with Gasteiger partial charge in [0.15, 0.2) is 0 Å². The van der Waals surface area contributed by atoms with Crippen LogP contribution < -0.4 is 5.32 Å². The van der Waals surface area contributed by atoms with E-state index in [9.17, 15) is 4.79 Å². The minimum atomic E-state index is -0.761. The molecule has 1 unspecified atom stereocenters. The lowest BCUT2D eigenvalue weighted by atomic mass is 10.1. The normalized spacial score (nSPS) is 12.1. The van der Waals surface area contributed by atoms with E-state index in [1.54, 1.807) is 12.5 Å². The lowest BCUT2D eigenvalue weighted by Crippen LogP contribution is -2.16. The van der Waals surface area contributed by atoms with Gasteiger partial charge in [-0.05, 0) is 31.0 Å². The van der Waals surface area contributed by atoms with Crippen LogP contribution in [0.5, 0.6) is 0 Å². The van der Waals surface area contributed by atoms with E-state index in [-0.39, 0.29) is 12.5 Å². The van der Waals surface area contributed by atoms with Gasteiger partial charge in [0, 0.05) is 18.2 Å². The average Bonchev–Trinajstić information content (AvgIpc) is 2.91. The monoisotopic (exact) mass is 259 g/mol. The highest BCUT2D eigenvalue weighted by molar-refractivity contribution is 5.67. The van der Waals surface area contributed by atoms with Gasteiger partial charge in [-0.25, -0.2) is 4.98 Å². The SMILES string of the molecule is CC(CCC(=O)O)Nc1ccc(-c2cnc[nH]2)cc1. The Bertz CT molecular complexity index is 520. The van der Waals surface area contributed by atoms with Crippen LogP contribution in [0.3, 0.4) is 0 Å². The van der Waals surface area contributed by atoms with Crippen molar-refractivity contribution in [3.8, 4) is 11.3 Å². The van der Waals surface area contributed by atoms with Crippen molar-refractivity contribution in [2.45, 2.75) is 25.8 Å². The van der Waals surface area contributed by atoms with Crippen LogP contribution in [-0.2, 0) is 4.79 Å². The predicted molar refractivity (Wildman–Crippen MR) is 74.0 cm³/mol. The van der Waals surface area contributed by atoms with Crippen LogP contribution in [0.4, 0.5) is 5.69 Å². The van der Waals surface area contributed by atoms with E-state index >= 15 is 0 Å². The largest absolute Gasteiger partial charge is 0.481 e. The second kappa shape index (κ2) is 6.04. The number of benzene rings is 1. The number of nitrogens with one attached hydrogen (secondary N) is 2. The molecule has 1 atom stereocenters. The minimum absolute atomic E-state index is 0.133. The predicted octanol–water partition coefficient (Wildman–Crippen LogP) is 2.74. The van der Waals surface area contributed by atoms with E-state index in [0.717, 1.165) is 16.9 Å². The van der Waals surface area contributed by atoms with Gasteiger partial charge in [-0.15, -0.1) is 0 Å². The summed E-state index contributed by atoms with van der Waals surface area (Å²) in [5.41, 5.74) is 3.04. The standard InChI is InChI=1S/C14H17N3O2/c1-10(2-7-14(18)19)17-12-5-3-11(4-6-12)13-8-15-9-16-13/h3-6,8-10,17H,2,7H2,1H3,(H,15,16)(H,18,19). The molecule has 0 fully saturated rings. The number of hydrogen-bond acceptors (Lipinski definition) is 3. The number of nitrogens with zero attached hydrogens (tertiary/aromatic N) is 1. The second-order valence-electron chi connectivity index (χ2n) is 4.52. The Morgan fingerprint density at radius 1 is 1.42 bits per heavy atom. The van der Waals surface area contributed by atoms with Crippen molar-refractivity contribution in [3.05, 3.63) is 36.8 Å². The molecule has 19 heavy (non-hydrogen) atoms. The Hall–Kier alpha value is -2.30. The van der Waals surface area contributed by atoms with Gasteiger partial charge < -0.3 is 15.4 Å². The lowest BCUT2D eigenvalue weighted by Gasteiger charge is -2.14. The molecule has 0 spiro atoms. The van der Waals surface area contributed by atoms with Crippen LogP contribution in [0.25, 0.3) is 11.3 Å². The number of carboxylic acid groups (broad SMARTS) is 1. The molecular formula is C14H17N3O2. The van der Waals surface area contributed by atoms with Gasteiger partial charge in [0.25, 0.3) is 0 Å². The molecule has 100 valence electrons. The van der Waals surface area contributed by atoms with Crippen molar-refractivity contribution in [1.82, 2.24) is 9.97 Å². The first-order chi connectivity index (χ1) is 9.15. The maximum atomic E-state index is 10.5. The molecule has 5 heteroatoms. The van der Waals surface area contributed by atoms with Crippen LogP contribution in [0.2, 0.25) is 0 Å². The Morgan fingerprint density at radius 2 is 2.16 bits per heavy atom. The first kappa shape index (κ1) is 13.1. The fraction of sp³-hybridized carbons (Fsp3) is 0.286. The zero-order valence-corrected chi connectivity index (χ0v) is 10.8. The molecule has 5 nitrogen and oxygen atoms in total. The van der Waals surface area contributed by atoms with E-state index in [1.165, 1.54) is 0 Å². The van der Waals surface area contributed by atoms with Gasteiger partial charge in [-0.1, -0.05) is 12.1 Å². The highest BCUT2D eigenvalue weighted by Crippen LogP contribution is 2.19. The summed E-state index contributed by atoms with van der Waals surface area (Å²) in [5, 5.41) is 11.9. The molecule has 1 aromatic carbocycles. The number of rotatable bonds is 6. The molecule has 2 aromatic rings. The minimum Gasteiger partial charge on any atom is -0.481 e. The van der Waals surface area contributed by atoms with E-state index in [4.69, 9.17) is 5.11 Å². The van der Waals surface area contributed by atoms with Gasteiger partial charge in [0.2, 0.25) is 0 Å². The van der Waals surface area contributed by atoms with Crippen molar-refractivity contribution in [3.63, 3.8) is 0 Å². The van der Waals surface area contributed by atoms with Gasteiger partial charge in [-0.3, -0.25) is 4.79 Å². The number of imidazole rings is 1. The summed E-state index contributed by atoms with van der Waals surface area (Å²) in [4.78, 5) is 17.5. The molecule has 0 aliphatic heterocycles. The average molecular weight is 259 g/mol. The van der Waals surface area contributed by atoms with Gasteiger partial charge >= 0.3 is 5.97 Å². The third-order valence-corrected chi connectivity index (χ3v) is 2.90. The van der Waals surface area contributed by atoms with Crippen LogP contribution in [-0.4, -0.2) is 27.1 Å². The van der Waals surface area contributed by atoms with Gasteiger partial charge in [0.1, 0.15) is 0 Å². The van der Waals surface area contributed by atoms with Crippen LogP contribution in [0, 0.1) is 0 Å². The summed E-state index contributed by atoms with van der Waals surface area (Å²) in [5.74, 6) is -0.761. The van der Waals surface area contributed by atoms with Crippen molar-refractivity contribution >= 4 is 11.7 Å². The number of aliphatic carboxylic acids is 1. The fourth-order valence-electron chi connectivity index (χ4n) is 1.86. The van der Waals surface area contributed by atoms with Crippen LogP contribution >= 0.6 is 0 Å². The van der Waals surface area contributed by atoms with Gasteiger partial charge in [-0.2, -0.15) is 0 Å². The third kappa shape index (κ3) is 3.84. The lowest BCUT2D eigenvalue weighted by molar-refractivity contribution is -0.137. The molecule has 3 N–H and O–H groups in total. The molecule has 0 saturated heterocycles. The second-order valence-corrected chi connectivity index (χ2v) is 4.52. The molecule has 0 bridgehead atoms. The number of hydrogen-bond donors (Lipinski definition) is 3. The molecule has 2 rings (SSSR count). The number of aromatic nitrogens is 2. The summed E-state index contributed by atoms with van der Waals surface area (Å²) < 4.78 is 0. The fourth-order valence-corrected chi connectivity index (χ4v) is 1.86. The first-order valence-electron chi connectivity index (χ1n) is 6.22. The van der Waals surface area contributed by atoms with Crippen molar-refractivity contribution in [2.75, 3.05) is 5.32 Å². The topological polar surface area (TPSA) is 78.0 Å². The molecule has 0 amide bonds. The number of aromatic amines is 1. The molecule has 0 saturated carbocycles. The Kier molecular flexibility index (Phi) is 4.18. The Labute approximate surface area is 111 Å². The van der Waals surface area contributed by atoms with Crippen LogP contribution in [0.1, 0.15) is 19.8 Å². The Morgan fingerprint density at radius 3 is 2.74 bits per heavy atom. The summed E-state index contributed by atoms with van der Waals surface area (Å²) in [6.45, 7) is 1.98. The van der Waals surface area contributed by atoms with E-state index < -0.39 is 5.97 Å². The van der Waals surface area contributed by atoms with E-state index in [1.807, 2.05) is 31.2 Å². The summed E-state index contributed by atoms with van der Waals surface area (Å²) >= 11 is 0. The highest BCUT2D eigenvalue weighted by Gasteiger charge is 2.05. The molecular weight excluding hydrogens is 242 g/mol. The number of anilines is 1. The van der Waals surface area contributed by atoms with E-state index in [2.05, 4.69) is 15.3 Å². The maximum Gasteiger partial charge on any atom is 0.303 e. The number of carboxylic acids is 1. The Balaban J connectivity index is 1.93. The number of carbonyl (C=O) groups is 1. The zero-order valence-electron chi connectivity index (χ0n) is 10.8. The van der Waals surface area contributed by atoms with Gasteiger partial charge in [0.05, 0.1) is 18.2 Å². The quantitative estimate of drug-likeness (QED) is 0.745. The molecule has 0 radical (unpaired) electrons. The summed E-state index contributed by atoms with van der Waals surface area (Å²) in [7, 11) is 0. The molecule has 1 heterocycles. The van der Waals surface area contributed by atoms with Crippen molar-refractivity contribution in [2.24, 2.45) is 0 Å². The zero-order chi connectivity index (χ0) is 13.7. The summed E-state index contributed by atoms with van der Waals surface area (Å²) in [6, 6.07) is 8.09. The first-order valence-corrected chi connectivity index (χ1v) is 6.22. The molecule has 0 aliphatic rings. The smallest absolute Gasteiger partial charge is 0.303 e. The van der Waals surface area contributed by atoms with Crippen molar-refractivity contribution < 1.29 is 9.90 Å². The van der Waals surface area contributed by atoms with Crippen LogP contribution in [0.15, 0.2) is 36.8 Å². The number of H-pyrrole nitrogens is 1.